The lowest BCUT2D eigenvalue weighted by molar-refractivity contribution is 0.281. The van der Waals surface area contributed by atoms with E-state index in [9.17, 15) is 8.42 Å². The summed E-state index contributed by atoms with van der Waals surface area (Å²) in [6.07, 6.45) is 4.71. The van der Waals surface area contributed by atoms with E-state index in [2.05, 4.69) is 29.6 Å². The van der Waals surface area contributed by atoms with E-state index in [1.165, 1.54) is 19.3 Å². The molecule has 3 atom stereocenters. The van der Waals surface area contributed by atoms with Crippen LogP contribution in [-0.4, -0.2) is 22.2 Å². The maximum atomic E-state index is 12.5. The van der Waals surface area contributed by atoms with Crippen LogP contribution in [0.1, 0.15) is 31.2 Å². The Kier molecular flexibility index (Phi) is 4.64. The first-order chi connectivity index (χ1) is 11.2. The largest absolute Gasteiger partial charge is 0.276 e. The Morgan fingerprint density at radius 1 is 1.12 bits per heavy atom. The number of aryl methyl sites for hydroxylation is 1. The van der Waals surface area contributed by atoms with Crippen LogP contribution in [0.25, 0.3) is 0 Å². The predicted octanol–water partition coefficient (Wildman–Crippen LogP) is 4.16. The van der Waals surface area contributed by atoms with Gasteiger partial charge in [0.05, 0.1) is 4.90 Å². The maximum Gasteiger partial charge on any atom is 0.276 e. The van der Waals surface area contributed by atoms with Crippen LogP contribution in [0.3, 0.4) is 0 Å². The molecule has 4 nitrogen and oxygen atoms in total. The summed E-state index contributed by atoms with van der Waals surface area (Å²) < 4.78 is 24.9. The van der Waals surface area contributed by atoms with E-state index < -0.39 is 18.1 Å². The Hall–Kier alpha value is -1.14. The minimum atomic E-state index is -3.57. The number of sulfonamides is 1. The van der Waals surface area contributed by atoms with Crippen molar-refractivity contribution in [2.45, 2.75) is 62.7 Å². The third-order valence-corrected chi connectivity index (χ3v) is 9.73. The fraction of sp³-hybridized carbons (Fsp3) is 0.611. The van der Waals surface area contributed by atoms with Gasteiger partial charge >= 0.3 is 0 Å². The molecule has 2 bridgehead atoms. The van der Waals surface area contributed by atoms with Crippen LogP contribution in [0.15, 0.2) is 34.3 Å². The van der Waals surface area contributed by atoms with Crippen LogP contribution < -0.4 is 4.83 Å². The van der Waals surface area contributed by atoms with E-state index in [1.54, 1.807) is 12.1 Å². The lowest BCUT2D eigenvalue weighted by Gasteiger charge is -2.48. The Balaban J connectivity index is 1.80. The molecular weight excluding hydrogens is 336 g/mol. The number of nitrogens with one attached hydrogen (secondary N) is 1. The highest BCUT2D eigenvalue weighted by molar-refractivity contribution is 7.89. The van der Waals surface area contributed by atoms with Gasteiger partial charge in [0.25, 0.3) is 10.0 Å². The molecule has 24 heavy (non-hydrogen) atoms. The molecule has 4 rings (SSSR count). The SMILES string of the molecule is Cc1ccc(S(=O)(=O)N/N=C2\C[C@@H]3CC[C@H]2[C@@H]([Si](C)(C)C)C3)cc1. The van der Waals surface area contributed by atoms with Crippen LogP contribution in [0.2, 0.25) is 25.2 Å². The van der Waals surface area contributed by atoms with E-state index >= 15 is 0 Å². The van der Waals surface area contributed by atoms with Crippen molar-refractivity contribution in [1.29, 1.82) is 0 Å². The molecule has 3 aliphatic carbocycles. The molecule has 0 spiro atoms. The average Bonchev–Trinajstić information content (AvgIpc) is 2.53. The summed E-state index contributed by atoms with van der Waals surface area (Å²) in [5, 5.41) is 4.40. The zero-order valence-corrected chi connectivity index (χ0v) is 16.9. The maximum absolute atomic E-state index is 12.5. The van der Waals surface area contributed by atoms with E-state index in [0.717, 1.165) is 23.2 Å². The number of nitrogens with zero attached hydrogens (tertiary/aromatic N) is 1. The molecule has 1 N–H and O–H groups in total. The molecule has 3 fully saturated rings. The van der Waals surface area contributed by atoms with Gasteiger partial charge in [0.15, 0.2) is 0 Å². The summed E-state index contributed by atoms with van der Waals surface area (Å²) in [6.45, 7) is 9.21. The first-order valence-corrected chi connectivity index (χ1v) is 13.9. The summed E-state index contributed by atoms with van der Waals surface area (Å²) in [7, 11) is -4.83. The Morgan fingerprint density at radius 3 is 2.38 bits per heavy atom. The van der Waals surface area contributed by atoms with Gasteiger partial charge in [-0.1, -0.05) is 37.3 Å². The second-order valence-electron chi connectivity index (χ2n) is 8.47. The number of hydrogen-bond donors (Lipinski definition) is 1. The highest BCUT2D eigenvalue weighted by atomic mass is 32.2. The standard InChI is InChI=1S/C18H28N2O2SSi/c1-13-5-8-15(9-6-13)23(21,22)20-19-17-11-14-7-10-16(17)18(12-14)24(2,3)4/h5-6,8-9,14,16,18,20H,7,10-12H2,1-4H3/b19-17+/t14-,16+,18-/m0/s1. The van der Waals surface area contributed by atoms with E-state index in [4.69, 9.17) is 0 Å². The molecule has 0 radical (unpaired) electrons. The number of rotatable bonds is 4. The molecule has 3 aliphatic rings. The summed E-state index contributed by atoms with van der Waals surface area (Å²) in [4.78, 5) is 2.77. The highest BCUT2D eigenvalue weighted by Crippen LogP contribution is 2.50. The molecule has 6 heteroatoms. The number of fused-ring (bicyclic) bond motifs is 3. The molecule has 3 saturated carbocycles. The Morgan fingerprint density at radius 2 is 1.79 bits per heavy atom. The van der Waals surface area contributed by atoms with Crippen molar-refractivity contribution < 1.29 is 8.42 Å². The van der Waals surface area contributed by atoms with Gasteiger partial charge in [0, 0.05) is 13.8 Å². The zero-order valence-electron chi connectivity index (χ0n) is 15.0. The van der Waals surface area contributed by atoms with Gasteiger partial charge in [0.1, 0.15) is 0 Å². The monoisotopic (exact) mass is 364 g/mol. The Labute approximate surface area is 146 Å². The van der Waals surface area contributed by atoms with Gasteiger partial charge in [-0.3, -0.25) is 0 Å². The van der Waals surface area contributed by atoms with Crippen molar-refractivity contribution in [3.63, 3.8) is 0 Å². The fourth-order valence-electron chi connectivity index (χ4n) is 4.26. The molecule has 1 aromatic rings. The van der Waals surface area contributed by atoms with Crippen molar-refractivity contribution in [3.8, 4) is 0 Å². The molecular formula is C18H28N2O2SSi. The highest BCUT2D eigenvalue weighted by Gasteiger charge is 2.45. The van der Waals surface area contributed by atoms with Gasteiger partial charge in [-0.15, -0.1) is 0 Å². The van der Waals surface area contributed by atoms with Crippen molar-refractivity contribution in [1.82, 2.24) is 4.83 Å². The molecule has 0 heterocycles. The third kappa shape index (κ3) is 3.59. The molecule has 0 unspecified atom stereocenters. The van der Waals surface area contributed by atoms with E-state index in [-0.39, 0.29) is 4.90 Å². The second kappa shape index (κ2) is 6.30. The van der Waals surface area contributed by atoms with E-state index in [1.807, 2.05) is 19.1 Å². The topological polar surface area (TPSA) is 58.5 Å². The van der Waals surface area contributed by atoms with Crippen molar-refractivity contribution in [2.24, 2.45) is 16.9 Å². The third-order valence-electron chi connectivity index (χ3n) is 5.64. The second-order valence-corrected chi connectivity index (χ2v) is 15.6. The van der Waals surface area contributed by atoms with Gasteiger partial charge in [-0.05, 0) is 62.1 Å². The van der Waals surface area contributed by atoms with Crippen molar-refractivity contribution in [2.75, 3.05) is 0 Å². The number of hydrazone groups is 1. The predicted molar refractivity (Wildman–Crippen MR) is 101 cm³/mol. The Bertz CT molecular complexity index is 735. The van der Waals surface area contributed by atoms with Crippen LogP contribution in [0.5, 0.6) is 0 Å². The van der Waals surface area contributed by atoms with Crippen molar-refractivity contribution in [3.05, 3.63) is 29.8 Å². The van der Waals surface area contributed by atoms with Crippen LogP contribution in [0.4, 0.5) is 0 Å². The summed E-state index contributed by atoms with van der Waals surface area (Å²) in [6, 6.07) is 6.89. The molecule has 1 aromatic carbocycles. The summed E-state index contributed by atoms with van der Waals surface area (Å²) in [5.41, 5.74) is 2.86. The fourth-order valence-corrected chi connectivity index (χ4v) is 7.71. The molecule has 132 valence electrons. The summed E-state index contributed by atoms with van der Waals surface area (Å²) >= 11 is 0. The number of hydrogen-bond acceptors (Lipinski definition) is 3. The smallest absolute Gasteiger partial charge is 0.200 e. The minimum absolute atomic E-state index is 0.278. The van der Waals surface area contributed by atoms with Crippen LogP contribution in [-0.2, 0) is 10.0 Å². The zero-order chi connectivity index (χ0) is 17.5. The molecule has 0 amide bonds. The summed E-state index contributed by atoms with van der Waals surface area (Å²) in [5.74, 6) is 1.16. The number of benzene rings is 1. The normalized spacial score (nSPS) is 29.0. The first-order valence-electron chi connectivity index (χ1n) is 8.82. The van der Waals surface area contributed by atoms with Crippen LogP contribution >= 0.6 is 0 Å². The van der Waals surface area contributed by atoms with Gasteiger partial charge in [-0.25, -0.2) is 4.83 Å². The van der Waals surface area contributed by atoms with Crippen LogP contribution in [0, 0.1) is 18.8 Å². The minimum Gasteiger partial charge on any atom is -0.200 e. The lowest BCUT2D eigenvalue weighted by Crippen LogP contribution is -2.46. The molecule has 0 saturated heterocycles. The average molecular weight is 365 g/mol. The van der Waals surface area contributed by atoms with Gasteiger partial charge in [-0.2, -0.15) is 13.5 Å². The lowest BCUT2D eigenvalue weighted by atomic mass is 9.69. The van der Waals surface area contributed by atoms with Gasteiger partial charge in [0.2, 0.25) is 0 Å². The first kappa shape index (κ1) is 17.7. The van der Waals surface area contributed by atoms with Gasteiger partial charge < -0.3 is 0 Å². The quantitative estimate of drug-likeness (QED) is 0.644. The molecule has 0 aromatic heterocycles. The van der Waals surface area contributed by atoms with Crippen molar-refractivity contribution >= 4 is 23.8 Å². The van der Waals surface area contributed by atoms with E-state index in [0.29, 0.717) is 11.8 Å². The molecule has 0 aliphatic heterocycles.